The lowest BCUT2D eigenvalue weighted by Gasteiger charge is -2.33. The predicted octanol–water partition coefficient (Wildman–Crippen LogP) is 6.48. The number of rotatable bonds is 4. The van der Waals surface area contributed by atoms with Gasteiger partial charge in [-0.15, -0.1) is 0 Å². The zero-order chi connectivity index (χ0) is 21.6. The van der Waals surface area contributed by atoms with E-state index < -0.39 is 0 Å². The van der Waals surface area contributed by atoms with E-state index in [1.807, 2.05) is 18.1 Å². The summed E-state index contributed by atoms with van der Waals surface area (Å²) in [5.41, 5.74) is 8.29. The van der Waals surface area contributed by atoms with Gasteiger partial charge in [0.15, 0.2) is 0 Å². The molecule has 158 valence electrons. The van der Waals surface area contributed by atoms with Gasteiger partial charge in [0, 0.05) is 28.9 Å². The number of aromatic amines is 1. The van der Waals surface area contributed by atoms with E-state index >= 15 is 0 Å². The average molecular weight is 411 g/mol. The number of aryl methyl sites for hydroxylation is 1. The number of anilines is 1. The molecule has 5 rings (SSSR count). The molecular weight excluding hydrogens is 380 g/mol. The van der Waals surface area contributed by atoms with Crippen LogP contribution >= 0.6 is 0 Å². The van der Waals surface area contributed by atoms with E-state index in [4.69, 9.17) is 10.1 Å². The molecular formula is C27H30N4. The fourth-order valence-corrected chi connectivity index (χ4v) is 4.93. The lowest BCUT2D eigenvalue weighted by atomic mass is 9.74. The van der Waals surface area contributed by atoms with Crippen molar-refractivity contribution < 1.29 is 0 Å². The second-order valence-electron chi connectivity index (χ2n) is 9.47. The van der Waals surface area contributed by atoms with Gasteiger partial charge in [-0.1, -0.05) is 63.6 Å². The van der Waals surface area contributed by atoms with E-state index in [0.717, 1.165) is 37.1 Å². The number of H-pyrrole nitrogens is 1. The van der Waals surface area contributed by atoms with Crippen molar-refractivity contribution in [2.75, 3.05) is 12.1 Å². The van der Waals surface area contributed by atoms with Crippen LogP contribution < -0.4 is 5.01 Å². The van der Waals surface area contributed by atoms with Gasteiger partial charge in [-0.25, -0.2) is 0 Å². The summed E-state index contributed by atoms with van der Waals surface area (Å²) in [5.74, 6) is 0. The zero-order valence-corrected chi connectivity index (χ0v) is 18.9. The van der Waals surface area contributed by atoms with Crippen LogP contribution in [0.1, 0.15) is 50.6 Å². The summed E-state index contributed by atoms with van der Waals surface area (Å²) in [6, 6.07) is 18.9. The van der Waals surface area contributed by atoms with Crippen LogP contribution in [0.3, 0.4) is 0 Å². The molecule has 0 spiro atoms. The first-order chi connectivity index (χ1) is 15.0. The van der Waals surface area contributed by atoms with Gasteiger partial charge in [0.05, 0.1) is 28.3 Å². The molecule has 2 aromatic carbocycles. The molecule has 0 unspecified atom stereocenters. The highest BCUT2D eigenvalue weighted by atomic mass is 15.4. The number of pyridine rings is 1. The first-order valence-electron chi connectivity index (χ1n) is 11.3. The Hall–Kier alpha value is -3.14. The Kier molecular flexibility index (Phi) is 4.81. The summed E-state index contributed by atoms with van der Waals surface area (Å²) in [7, 11) is 2.03. The third-order valence-electron chi connectivity index (χ3n) is 6.27. The minimum Gasteiger partial charge on any atom is -0.354 e. The third-order valence-corrected chi connectivity index (χ3v) is 6.27. The number of benzene rings is 2. The second kappa shape index (κ2) is 7.52. The van der Waals surface area contributed by atoms with Crippen LogP contribution in [0.5, 0.6) is 0 Å². The van der Waals surface area contributed by atoms with Crippen molar-refractivity contribution in [1.82, 2.24) is 9.97 Å². The first kappa shape index (κ1) is 19.8. The van der Waals surface area contributed by atoms with E-state index in [0.29, 0.717) is 0 Å². The normalized spacial score (nSPS) is 16.7. The SMILES string of the molecule is CCCc1nc2c(c3[nH]c4ccccc4c13)/C(=N\N(C)c1ccccc1)CC(C)(C)C2. The van der Waals surface area contributed by atoms with Crippen molar-refractivity contribution in [2.24, 2.45) is 10.5 Å². The van der Waals surface area contributed by atoms with E-state index in [2.05, 4.69) is 74.3 Å². The predicted molar refractivity (Wildman–Crippen MR) is 131 cm³/mol. The summed E-state index contributed by atoms with van der Waals surface area (Å²) >= 11 is 0. The summed E-state index contributed by atoms with van der Waals surface area (Å²) in [6.07, 6.45) is 3.97. The van der Waals surface area contributed by atoms with Crippen molar-refractivity contribution in [1.29, 1.82) is 0 Å². The highest BCUT2D eigenvalue weighted by Gasteiger charge is 2.34. The number of nitrogens with one attached hydrogen (secondary N) is 1. The Morgan fingerprint density at radius 3 is 2.55 bits per heavy atom. The summed E-state index contributed by atoms with van der Waals surface area (Å²) in [6.45, 7) is 6.88. The van der Waals surface area contributed by atoms with Crippen molar-refractivity contribution in [2.45, 2.75) is 46.5 Å². The van der Waals surface area contributed by atoms with Crippen molar-refractivity contribution in [3.63, 3.8) is 0 Å². The van der Waals surface area contributed by atoms with Crippen molar-refractivity contribution in [3.8, 4) is 0 Å². The smallest absolute Gasteiger partial charge is 0.0726 e. The molecule has 0 bridgehead atoms. The Labute approximate surface area is 184 Å². The van der Waals surface area contributed by atoms with Crippen LogP contribution in [-0.4, -0.2) is 22.7 Å². The number of nitrogens with zero attached hydrogens (tertiary/aromatic N) is 3. The molecule has 4 aromatic rings. The molecule has 0 aliphatic heterocycles. The molecule has 1 aliphatic rings. The van der Waals surface area contributed by atoms with E-state index in [1.54, 1.807) is 0 Å². The van der Waals surface area contributed by atoms with E-state index in [1.165, 1.54) is 38.8 Å². The van der Waals surface area contributed by atoms with Gasteiger partial charge in [0.25, 0.3) is 0 Å². The Balaban J connectivity index is 1.78. The lowest BCUT2D eigenvalue weighted by molar-refractivity contribution is 0.367. The molecule has 0 fully saturated rings. The fraction of sp³-hybridized carbons (Fsp3) is 0.333. The number of fused-ring (bicyclic) bond motifs is 5. The highest BCUT2D eigenvalue weighted by Crippen LogP contribution is 2.40. The summed E-state index contributed by atoms with van der Waals surface area (Å²) < 4.78 is 0. The second-order valence-corrected chi connectivity index (χ2v) is 9.47. The van der Waals surface area contributed by atoms with Crippen LogP contribution in [-0.2, 0) is 12.8 Å². The fourth-order valence-electron chi connectivity index (χ4n) is 4.93. The lowest BCUT2D eigenvalue weighted by Crippen LogP contribution is -2.30. The molecule has 0 saturated heterocycles. The molecule has 4 nitrogen and oxygen atoms in total. The average Bonchev–Trinajstić information content (AvgIpc) is 3.13. The minimum atomic E-state index is 0.125. The van der Waals surface area contributed by atoms with Crippen molar-refractivity contribution >= 4 is 33.2 Å². The van der Waals surface area contributed by atoms with Gasteiger partial charge >= 0.3 is 0 Å². The van der Waals surface area contributed by atoms with Gasteiger partial charge in [-0.3, -0.25) is 9.99 Å². The summed E-state index contributed by atoms with van der Waals surface area (Å²) in [4.78, 5) is 9.00. The molecule has 0 atom stereocenters. The maximum Gasteiger partial charge on any atom is 0.0726 e. The standard InChI is InChI=1S/C27H30N4/c1-5-11-21-24-19-14-9-10-15-20(19)29-26(24)25-22(28-21)16-27(2,3)17-23(25)30-31(4)18-12-7-6-8-13-18/h6-10,12-15,29H,5,11,16-17H2,1-4H3/b30-23-. The van der Waals surface area contributed by atoms with Crippen molar-refractivity contribution in [3.05, 3.63) is 71.5 Å². The van der Waals surface area contributed by atoms with E-state index in [9.17, 15) is 0 Å². The molecule has 1 N–H and O–H groups in total. The van der Waals surface area contributed by atoms with Crippen LogP contribution in [0.4, 0.5) is 5.69 Å². The number of aromatic nitrogens is 2. The topological polar surface area (TPSA) is 44.3 Å². The highest BCUT2D eigenvalue weighted by molar-refractivity contribution is 6.18. The largest absolute Gasteiger partial charge is 0.354 e. The first-order valence-corrected chi connectivity index (χ1v) is 11.3. The maximum absolute atomic E-state index is 5.26. The molecule has 31 heavy (non-hydrogen) atoms. The van der Waals surface area contributed by atoms with Crippen LogP contribution in [0.15, 0.2) is 59.7 Å². The number of hydrogen-bond donors (Lipinski definition) is 1. The summed E-state index contributed by atoms with van der Waals surface area (Å²) in [5, 5.41) is 9.65. The Morgan fingerprint density at radius 1 is 1.03 bits per heavy atom. The quantitative estimate of drug-likeness (QED) is 0.391. The monoisotopic (exact) mass is 410 g/mol. The third kappa shape index (κ3) is 3.50. The number of hydrazone groups is 1. The Morgan fingerprint density at radius 2 is 1.77 bits per heavy atom. The molecule has 0 saturated carbocycles. The zero-order valence-electron chi connectivity index (χ0n) is 18.9. The van der Waals surface area contributed by atoms with Gasteiger partial charge in [0.1, 0.15) is 0 Å². The van der Waals surface area contributed by atoms with Crippen LogP contribution in [0.2, 0.25) is 0 Å². The molecule has 2 heterocycles. The van der Waals surface area contributed by atoms with Gasteiger partial charge in [0.2, 0.25) is 0 Å². The van der Waals surface area contributed by atoms with Crippen LogP contribution in [0, 0.1) is 5.41 Å². The van der Waals surface area contributed by atoms with E-state index in [-0.39, 0.29) is 5.41 Å². The molecule has 1 aliphatic carbocycles. The maximum atomic E-state index is 5.26. The van der Waals surface area contributed by atoms with Gasteiger partial charge < -0.3 is 4.98 Å². The van der Waals surface area contributed by atoms with Gasteiger partial charge in [-0.2, -0.15) is 5.10 Å². The molecule has 0 amide bonds. The number of hydrogen-bond acceptors (Lipinski definition) is 3. The molecule has 0 radical (unpaired) electrons. The number of para-hydroxylation sites is 2. The Bertz CT molecular complexity index is 1280. The van der Waals surface area contributed by atoms with Crippen LogP contribution in [0.25, 0.3) is 21.8 Å². The molecule has 2 aromatic heterocycles. The minimum absolute atomic E-state index is 0.125. The van der Waals surface area contributed by atoms with Gasteiger partial charge in [-0.05, 0) is 42.9 Å². The molecule has 4 heteroatoms.